The van der Waals surface area contributed by atoms with Gasteiger partial charge >= 0.3 is 6.09 Å². The van der Waals surface area contributed by atoms with E-state index in [0.717, 1.165) is 0 Å². The van der Waals surface area contributed by atoms with Crippen LogP contribution in [-0.4, -0.2) is 83.3 Å². The monoisotopic (exact) mass is 392 g/mol. The topological polar surface area (TPSA) is 147 Å². The summed E-state index contributed by atoms with van der Waals surface area (Å²) in [6, 6.07) is -0.958. The minimum absolute atomic E-state index is 0.234. The number of amides is 2. The molecule has 0 aromatic carbocycles. The number of nitrogens with one attached hydrogen (secondary N) is 2. The summed E-state index contributed by atoms with van der Waals surface area (Å²) >= 11 is 0. The molecule has 0 saturated carbocycles. The van der Waals surface area contributed by atoms with Gasteiger partial charge < -0.3 is 40.2 Å². The van der Waals surface area contributed by atoms with Gasteiger partial charge in [-0.05, 0) is 33.6 Å². The Morgan fingerprint density at radius 2 is 1.81 bits per heavy atom. The molecule has 0 radical (unpaired) electrons. The lowest BCUT2D eigenvalue weighted by Gasteiger charge is -2.42. The number of carbonyl (C=O) groups is 2. The molecular weight excluding hydrogens is 360 g/mol. The number of carbonyl (C=O) groups excluding carboxylic acids is 2. The number of unbranched alkanes of at least 4 members (excludes halogenated alkanes) is 1. The van der Waals surface area contributed by atoms with Crippen molar-refractivity contribution in [1.82, 2.24) is 10.6 Å². The average molecular weight is 392 g/mol. The van der Waals surface area contributed by atoms with Gasteiger partial charge in [-0.3, -0.25) is 4.79 Å². The molecule has 10 heteroatoms. The van der Waals surface area contributed by atoms with E-state index < -0.39 is 54.9 Å². The molecule has 0 aromatic rings. The molecule has 27 heavy (non-hydrogen) atoms. The first-order valence-electron chi connectivity index (χ1n) is 9.03. The maximum atomic E-state index is 11.5. The van der Waals surface area contributed by atoms with Crippen LogP contribution in [0.25, 0.3) is 0 Å². The van der Waals surface area contributed by atoms with E-state index in [0.29, 0.717) is 19.4 Å². The quantitative estimate of drug-likeness (QED) is 0.339. The van der Waals surface area contributed by atoms with Gasteiger partial charge in [-0.1, -0.05) is 0 Å². The second kappa shape index (κ2) is 10.8. The van der Waals surface area contributed by atoms with Gasteiger partial charge in [-0.15, -0.1) is 0 Å². The first-order chi connectivity index (χ1) is 12.5. The maximum absolute atomic E-state index is 11.5. The van der Waals surface area contributed by atoms with Crippen LogP contribution in [0.3, 0.4) is 0 Å². The zero-order chi connectivity index (χ0) is 20.6. The van der Waals surface area contributed by atoms with Crippen LogP contribution in [0.5, 0.6) is 0 Å². The van der Waals surface area contributed by atoms with Crippen molar-refractivity contribution >= 4 is 12.0 Å². The van der Waals surface area contributed by atoms with E-state index in [2.05, 4.69) is 10.6 Å². The number of alkyl carbamates (subject to hydrolysis) is 1. The smallest absolute Gasteiger partial charge is 0.407 e. The second-order valence-electron chi connectivity index (χ2n) is 7.44. The highest BCUT2D eigenvalue weighted by molar-refractivity contribution is 5.73. The van der Waals surface area contributed by atoms with Gasteiger partial charge in [0, 0.05) is 20.1 Å². The molecular formula is C17H32N2O8. The summed E-state index contributed by atoms with van der Waals surface area (Å²) in [6.45, 7) is 6.75. The lowest BCUT2D eigenvalue weighted by molar-refractivity contribution is -0.270. The Morgan fingerprint density at radius 3 is 2.37 bits per heavy atom. The number of rotatable bonds is 8. The fraction of sp³-hybridized carbons (Fsp3) is 0.882. The van der Waals surface area contributed by atoms with Crippen molar-refractivity contribution < 1.29 is 39.1 Å². The molecule has 0 bridgehead atoms. The first-order valence-corrected chi connectivity index (χ1v) is 9.03. The van der Waals surface area contributed by atoms with Crippen molar-refractivity contribution in [2.24, 2.45) is 0 Å². The van der Waals surface area contributed by atoms with Crippen LogP contribution in [0, 0.1) is 0 Å². The van der Waals surface area contributed by atoms with Crippen molar-refractivity contribution in [3.63, 3.8) is 0 Å². The highest BCUT2D eigenvalue weighted by Crippen LogP contribution is 2.22. The third-order valence-corrected chi connectivity index (χ3v) is 3.77. The molecule has 5 N–H and O–H groups in total. The highest BCUT2D eigenvalue weighted by atomic mass is 16.7. The van der Waals surface area contributed by atoms with Gasteiger partial charge in [0.05, 0.1) is 6.61 Å². The molecule has 1 saturated heterocycles. The molecule has 1 fully saturated rings. The predicted molar refractivity (Wildman–Crippen MR) is 94.8 cm³/mol. The molecule has 1 aliphatic rings. The van der Waals surface area contributed by atoms with Crippen molar-refractivity contribution in [2.45, 2.75) is 76.8 Å². The van der Waals surface area contributed by atoms with Gasteiger partial charge in [0.1, 0.15) is 30.0 Å². The molecule has 5 atom stereocenters. The largest absolute Gasteiger partial charge is 0.444 e. The average Bonchev–Trinajstić information content (AvgIpc) is 2.54. The second-order valence-corrected chi connectivity index (χ2v) is 7.44. The van der Waals surface area contributed by atoms with E-state index in [1.54, 1.807) is 20.8 Å². The van der Waals surface area contributed by atoms with E-state index in [1.807, 2.05) is 0 Å². The van der Waals surface area contributed by atoms with Gasteiger partial charge in [0.15, 0.2) is 6.29 Å². The van der Waals surface area contributed by atoms with Crippen molar-refractivity contribution in [2.75, 3.05) is 19.8 Å². The fourth-order valence-electron chi connectivity index (χ4n) is 2.54. The number of hydrogen-bond donors (Lipinski definition) is 5. The van der Waals surface area contributed by atoms with E-state index in [9.17, 15) is 24.9 Å². The molecule has 1 heterocycles. The van der Waals surface area contributed by atoms with Crippen LogP contribution < -0.4 is 10.6 Å². The molecule has 0 unspecified atom stereocenters. The first kappa shape index (κ1) is 23.6. The van der Waals surface area contributed by atoms with Crippen LogP contribution in [0.2, 0.25) is 0 Å². The van der Waals surface area contributed by atoms with Crippen molar-refractivity contribution in [3.05, 3.63) is 0 Å². The molecule has 0 aliphatic carbocycles. The van der Waals surface area contributed by atoms with E-state index in [4.69, 9.17) is 14.2 Å². The number of aliphatic hydroxyl groups excluding tert-OH is 3. The zero-order valence-electron chi connectivity index (χ0n) is 16.3. The minimum atomic E-state index is -1.34. The third kappa shape index (κ3) is 8.39. The van der Waals surface area contributed by atoms with E-state index >= 15 is 0 Å². The van der Waals surface area contributed by atoms with Gasteiger partial charge in [0.2, 0.25) is 5.91 Å². The normalized spacial score (nSPS) is 28.5. The highest BCUT2D eigenvalue weighted by Gasteiger charge is 2.45. The summed E-state index contributed by atoms with van der Waals surface area (Å²) < 4.78 is 16.1. The lowest BCUT2D eigenvalue weighted by atomic mass is 9.97. The molecule has 1 aliphatic heterocycles. The predicted octanol–water partition coefficient (Wildman–Crippen LogP) is -0.748. The Labute approximate surface area is 159 Å². The van der Waals surface area contributed by atoms with Gasteiger partial charge in [-0.2, -0.15) is 0 Å². The lowest BCUT2D eigenvalue weighted by Crippen LogP contribution is -2.64. The van der Waals surface area contributed by atoms with Crippen LogP contribution >= 0.6 is 0 Å². The van der Waals surface area contributed by atoms with E-state index in [-0.39, 0.29) is 6.61 Å². The Bertz CT molecular complexity index is 482. The van der Waals surface area contributed by atoms with Crippen molar-refractivity contribution in [3.8, 4) is 0 Å². The van der Waals surface area contributed by atoms with Gasteiger partial charge in [-0.25, -0.2) is 4.79 Å². The molecule has 158 valence electrons. The van der Waals surface area contributed by atoms with Crippen molar-refractivity contribution in [1.29, 1.82) is 0 Å². The fourth-order valence-corrected chi connectivity index (χ4v) is 2.54. The van der Waals surface area contributed by atoms with Crippen LogP contribution in [-0.2, 0) is 19.0 Å². The standard InChI is InChI=1S/C17H32N2O8/c1-10(21)19-12-14(23)13(22)11(9-20)26-15(12)25-8-6-5-7-18-16(24)27-17(2,3)4/h11-15,20,22-23H,5-9H2,1-4H3,(H,18,24)(H,19,21)/t11-,12-,13-,14-,15-/m1/s1. The Kier molecular flexibility index (Phi) is 9.40. The summed E-state index contributed by atoms with van der Waals surface area (Å²) in [5, 5.41) is 34.4. The summed E-state index contributed by atoms with van der Waals surface area (Å²) in [5.74, 6) is -0.410. The van der Waals surface area contributed by atoms with E-state index in [1.165, 1.54) is 6.92 Å². The summed E-state index contributed by atoms with van der Waals surface area (Å²) in [5.41, 5.74) is -0.557. The van der Waals surface area contributed by atoms with Crippen LogP contribution in [0.4, 0.5) is 4.79 Å². The Hall–Kier alpha value is -1.46. The van der Waals surface area contributed by atoms with Gasteiger partial charge in [0.25, 0.3) is 0 Å². The van der Waals surface area contributed by atoms with Crippen LogP contribution in [0.1, 0.15) is 40.5 Å². The maximum Gasteiger partial charge on any atom is 0.407 e. The SMILES string of the molecule is CC(=O)N[C@H]1[C@H](OCCCCNC(=O)OC(C)(C)C)O[C@H](CO)[C@@H](O)[C@@H]1O. The minimum Gasteiger partial charge on any atom is -0.444 e. The number of ether oxygens (including phenoxy) is 3. The molecule has 1 rings (SSSR count). The summed E-state index contributed by atoms with van der Waals surface area (Å²) in [7, 11) is 0. The molecule has 2 amide bonds. The Balaban J connectivity index is 2.39. The summed E-state index contributed by atoms with van der Waals surface area (Å²) in [4.78, 5) is 22.8. The van der Waals surface area contributed by atoms with Crippen LogP contribution in [0.15, 0.2) is 0 Å². The summed E-state index contributed by atoms with van der Waals surface area (Å²) in [6.07, 6.45) is -4.00. The zero-order valence-corrected chi connectivity index (χ0v) is 16.3. The molecule has 0 aromatic heterocycles. The third-order valence-electron chi connectivity index (χ3n) is 3.77. The number of aliphatic hydroxyl groups is 3. The number of hydrogen-bond acceptors (Lipinski definition) is 8. The molecule has 0 spiro atoms. The molecule has 10 nitrogen and oxygen atoms in total. The Morgan fingerprint density at radius 1 is 1.15 bits per heavy atom.